The van der Waals surface area contributed by atoms with Crippen molar-refractivity contribution in [2.24, 2.45) is 0 Å². The predicted octanol–water partition coefficient (Wildman–Crippen LogP) is 2.77. The fraction of sp³-hybridized carbons (Fsp3) is 0. The molecule has 0 N–H and O–H groups in total. The van der Waals surface area contributed by atoms with Crippen LogP contribution in [0.5, 0.6) is 0 Å². The van der Waals surface area contributed by atoms with Gasteiger partial charge in [-0.2, -0.15) is 24.6 Å². The maximum Gasteiger partial charge on any atom is 0 e. The molecule has 0 bridgehead atoms. The Balaban J connectivity index is -0.000000163. The average Bonchev–Trinajstić information content (AvgIpc) is 1.69. The minimum atomic E-state index is 0. The van der Waals surface area contributed by atoms with Crippen molar-refractivity contribution in [1.29, 1.82) is 0 Å². The number of hydrogen-bond acceptors (Lipinski definition) is 0. The number of rotatable bonds is 0. The van der Waals surface area contributed by atoms with Crippen LogP contribution in [-0.4, -0.2) is 0 Å². The molecule has 0 atom stereocenters. The van der Waals surface area contributed by atoms with Crippen LogP contribution >= 0.6 is 0 Å². The molecule has 62 valence electrons. The van der Waals surface area contributed by atoms with Crippen molar-refractivity contribution >= 4 is 0 Å². The summed E-state index contributed by atoms with van der Waals surface area (Å²) in [5.41, 5.74) is 1.07. The third-order valence-electron chi connectivity index (χ3n) is 0.843. The molecule has 0 aliphatic rings. The SMILES string of the molecule is [CH2-]c1ccccc1.[CH3-].[CH3-].[Pt]. The van der Waals surface area contributed by atoms with Crippen molar-refractivity contribution in [3.05, 3.63) is 57.7 Å². The van der Waals surface area contributed by atoms with Gasteiger partial charge in [0.05, 0.1) is 0 Å². The molecular formula is C9H13Pt-3. The Hall–Kier alpha value is -0.222. The second-order valence-electron chi connectivity index (χ2n) is 1.49. The zero-order valence-corrected chi connectivity index (χ0v) is 8.68. The minimum absolute atomic E-state index is 0. The van der Waals surface area contributed by atoms with Gasteiger partial charge < -0.3 is 14.9 Å². The van der Waals surface area contributed by atoms with E-state index in [2.05, 4.69) is 6.92 Å². The van der Waals surface area contributed by atoms with Gasteiger partial charge in [0, 0.05) is 21.1 Å². The molecule has 0 heterocycles. The summed E-state index contributed by atoms with van der Waals surface area (Å²) in [5.74, 6) is 0. The molecule has 0 spiro atoms. The Kier molecular flexibility index (Phi) is 14.4. The molecule has 0 fully saturated rings. The summed E-state index contributed by atoms with van der Waals surface area (Å²) < 4.78 is 0. The molecule has 0 saturated heterocycles. The van der Waals surface area contributed by atoms with Gasteiger partial charge in [-0.05, 0) is 0 Å². The molecule has 0 aliphatic heterocycles. The topological polar surface area (TPSA) is 0 Å². The molecule has 0 saturated carbocycles. The Morgan fingerprint density at radius 2 is 1.30 bits per heavy atom. The summed E-state index contributed by atoms with van der Waals surface area (Å²) in [6, 6.07) is 9.87. The van der Waals surface area contributed by atoms with E-state index >= 15 is 0 Å². The Morgan fingerprint density at radius 3 is 1.50 bits per heavy atom. The van der Waals surface area contributed by atoms with Gasteiger partial charge in [-0.25, -0.2) is 0 Å². The minimum Gasteiger partial charge on any atom is -0.358 e. The normalized spacial score (nSPS) is 6.00. The quantitative estimate of drug-likeness (QED) is 0.646. The molecule has 1 heteroatoms. The number of hydrogen-bond donors (Lipinski definition) is 0. The van der Waals surface area contributed by atoms with E-state index < -0.39 is 0 Å². The van der Waals surface area contributed by atoms with E-state index in [-0.39, 0.29) is 35.9 Å². The average molecular weight is 316 g/mol. The summed E-state index contributed by atoms with van der Waals surface area (Å²) >= 11 is 0. The van der Waals surface area contributed by atoms with Gasteiger partial charge in [-0.15, -0.1) is 12.1 Å². The standard InChI is InChI=1S/C7H7.2CH3.Pt/c1-7-5-3-2-4-6-7;;;/h2-6H,1H2;2*1H3;/q3*-1;. The van der Waals surface area contributed by atoms with Crippen LogP contribution in [0.15, 0.2) is 30.3 Å². The first-order valence-electron chi connectivity index (χ1n) is 2.26. The smallest absolute Gasteiger partial charge is 0 e. The van der Waals surface area contributed by atoms with Crippen LogP contribution in [0.25, 0.3) is 0 Å². The third-order valence-corrected chi connectivity index (χ3v) is 0.843. The van der Waals surface area contributed by atoms with E-state index in [9.17, 15) is 0 Å². The van der Waals surface area contributed by atoms with E-state index in [0.29, 0.717) is 0 Å². The van der Waals surface area contributed by atoms with Crippen LogP contribution < -0.4 is 0 Å². The largest absolute Gasteiger partial charge is 0.358 e. The van der Waals surface area contributed by atoms with Crippen molar-refractivity contribution in [2.45, 2.75) is 0 Å². The summed E-state index contributed by atoms with van der Waals surface area (Å²) in [5, 5.41) is 0. The van der Waals surface area contributed by atoms with Gasteiger partial charge in [0.15, 0.2) is 0 Å². The van der Waals surface area contributed by atoms with Crippen LogP contribution in [-0.2, 0) is 21.1 Å². The molecule has 10 heavy (non-hydrogen) atoms. The summed E-state index contributed by atoms with van der Waals surface area (Å²) in [4.78, 5) is 0. The molecule has 0 aromatic heterocycles. The van der Waals surface area contributed by atoms with E-state index in [1.54, 1.807) is 0 Å². The molecule has 0 unspecified atom stereocenters. The molecule has 0 nitrogen and oxygen atoms in total. The van der Waals surface area contributed by atoms with Crippen LogP contribution in [0.1, 0.15) is 5.56 Å². The van der Waals surface area contributed by atoms with E-state index in [1.165, 1.54) is 0 Å². The monoisotopic (exact) mass is 316 g/mol. The van der Waals surface area contributed by atoms with Gasteiger partial charge in [0.25, 0.3) is 0 Å². The van der Waals surface area contributed by atoms with Crippen molar-refractivity contribution < 1.29 is 21.1 Å². The summed E-state index contributed by atoms with van der Waals surface area (Å²) in [6.45, 7) is 3.72. The second kappa shape index (κ2) is 8.78. The fourth-order valence-corrected chi connectivity index (χ4v) is 0.478. The Bertz CT molecular complexity index is 135. The summed E-state index contributed by atoms with van der Waals surface area (Å²) in [7, 11) is 0. The Labute approximate surface area is 78.9 Å². The Morgan fingerprint density at radius 1 is 0.900 bits per heavy atom. The second-order valence-corrected chi connectivity index (χ2v) is 1.49. The molecule has 0 amide bonds. The maximum absolute atomic E-state index is 3.72. The van der Waals surface area contributed by atoms with Gasteiger partial charge >= 0.3 is 0 Å². The van der Waals surface area contributed by atoms with Gasteiger partial charge in [-0.3, -0.25) is 0 Å². The first-order valence-corrected chi connectivity index (χ1v) is 2.26. The fourth-order valence-electron chi connectivity index (χ4n) is 0.478. The molecule has 0 radical (unpaired) electrons. The van der Waals surface area contributed by atoms with Crippen LogP contribution in [0, 0.1) is 21.8 Å². The van der Waals surface area contributed by atoms with Crippen molar-refractivity contribution in [1.82, 2.24) is 0 Å². The zero-order chi connectivity index (χ0) is 5.11. The van der Waals surface area contributed by atoms with Gasteiger partial charge in [-0.1, -0.05) is 6.07 Å². The number of benzene rings is 1. The molecule has 1 aromatic carbocycles. The zero-order valence-electron chi connectivity index (χ0n) is 6.41. The van der Waals surface area contributed by atoms with Crippen molar-refractivity contribution in [3.8, 4) is 0 Å². The van der Waals surface area contributed by atoms with Crippen LogP contribution in [0.3, 0.4) is 0 Å². The first-order chi connectivity index (χ1) is 3.39. The third kappa shape index (κ3) is 5.91. The van der Waals surface area contributed by atoms with Crippen LogP contribution in [0.4, 0.5) is 0 Å². The molecular weight excluding hydrogens is 303 g/mol. The van der Waals surface area contributed by atoms with Crippen molar-refractivity contribution in [2.75, 3.05) is 0 Å². The maximum atomic E-state index is 3.72. The molecule has 1 aromatic rings. The summed E-state index contributed by atoms with van der Waals surface area (Å²) in [6.07, 6.45) is 0. The van der Waals surface area contributed by atoms with Gasteiger partial charge in [0.1, 0.15) is 0 Å². The van der Waals surface area contributed by atoms with Gasteiger partial charge in [0.2, 0.25) is 0 Å². The van der Waals surface area contributed by atoms with E-state index in [0.717, 1.165) is 5.56 Å². The predicted molar refractivity (Wildman–Crippen MR) is 43.7 cm³/mol. The first kappa shape index (κ1) is 16.4. The molecule has 0 aliphatic carbocycles. The van der Waals surface area contributed by atoms with Crippen molar-refractivity contribution in [3.63, 3.8) is 0 Å². The van der Waals surface area contributed by atoms with E-state index in [4.69, 9.17) is 0 Å². The van der Waals surface area contributed by atoms with E-state index in [1.807, 2.05) is 30.3 Å². The van der Waals surface area contributed by atoms with Crippen LogP contribution in [0.2, 0.25) is 0 Å². The molecule has 1 rings (SSSR count).